The van der Waals surface area contributed by atoms with Crippen molar-refractivity contribution in [2.45, 2.75) is 12.8 Å². The Morgan fingerprint density at radius 2 is 2.27 bits per heavy atom. The van der Waals surface area contributed by atoms with Gasteiger partial charge in [-0.25, -0.2) is 0 Å². The van der Waals surface area contributed by atoms with E-state index < -0.39 is 0 Å². The highest BCUT2D eigenvalue weighted by Crippen LogP contribution is 2.08. The molecule has 0 radical (unpaired) electrons. The summed E-state index contributed by atoms with van der Waals surface area (Å²) in [6.45, 7) is 0.234. The number of rotatable bonds is 3. The Morgan fingerprint density at radius 3 is 2.82 bits per heavy atom. The van der Waals surface area contributed by atoms with Crippen LogP contribution in [0.25, 0.3) is 0 Å². The van der Waals surface area contributed by atoms with Gasteiger partial charge in [-0.2, -0.15) is 0 Å². The molecule has 3 heteroatoms. The lowest BCUT2D eigenvalue weighted by molar-refractivity contribution is 0.288. The van der Waals surface area contributed by atoms with Gasteiger partial charge in [-0.05, 0) is 40.9 Å². The molecule has 0 saturated heterocycles. The average molecular weight is 216 g/mol. The predicted octanol–water partition coefficient (Wildman–Crippen LogP) is 1.77. The Morgan fingerprint density at radius 1 is 1.45 bits per heavy atom. The van der Waals surface area contributed by atoms with Gasteiger partial charge in [0, 0.05) is 23.0 Å². The van der Waals surface area contributed by atoms with Crippen LogP contribution in [0.1, 0.15) is 12.1 Å². The molecule has 60 valence electrons. The zero-order chi connectivity index (χ0) is 8.10. The van der Waals surface area contributed by atoms with E-state index in [1.165, 1.54) is 0 Å². The minimum atomic E-state index is 0.234. The number of hydrogen-bond acceptors (Lipinski definition) is 2. The summed E-state index contributed by atoms with van der Waals surface area (Å²) in [5.41, 5.74) is 1.03. The summed E-state index contributed by atoms with van der Waals surface area (Å²) >= 11 is 3.30. The number of aliphatic hydroxyl groups excluding tert-OH is 1. The molecule has 0 aliphatic carbocycles. The topological polar surface area (TPSA) is 33.1 Å². The van der Waals surface area contributed by atoms with Crippen LogP contribution in [-0.2, 0) is 6.42 Å². The van der Waals surface area contributed by atoms with Crippen LogP contribution < -0.4 is 0 Å². The SMILES string of the molecule is OCCCc1ccc(Br)cn1. The number of aromatic nitrogens is 1. The van der Waals surface area contributed by atoms with Crippen LogP contribution in [0.4, 0.5) is 0 Å². The van der Waals surface area contributed by atoms with Gasteiger partial charge in [0.05, 0.1) is 0 Å². The number of aliphatic hydroxyl groups is 1. The summed E-state index contributed by atoms with van der Waals surface area (Å²) in [7, 11) is 0. The Kier molecular flexibility index (Phi) is 3.52. The molecule has 1 aromatic heterocycles. The van der Waals surface area contributed by atoms with Gasteiger partial charge in [-0.1, -0.05) is 0 Å². The van der Waals surface area contributed by atoms with Gasteiger partial charge < -0.3 is 5.11 Å². The van der Waals surface area contributed by atoms with Crippen molar-refractivity contribution in [3.05, 3.63) is 28.5 Å². The Hall–Kier alpha value is -0.410. The van der Waals surface area contributed by atoms with Crippen molar-refractivity contribution in [2.75, 3.05) is 6.61 Å². The van der Waals surface area contributed by atoms with Crippen molar-refractivity contribution < 1.29 is 5.11 Å². The van der Waals surface area contributed by atoms with E-state index in [1.807, 2.05) is 12.1 Å². The van der Waals surface area contributed by atoms with E-state index in [9.17, 15) is 0 Å². The molecular weight excluding hydrogens is 206 g/mol. The maximum Gasteiger partial charge on any atom is 0.0434 e. The number of nitrogens with zero attached hydrogens (tertiary/aromatic N) is 1. The van der Waals surface area contributed by atoms with E-state index in [1.54, 1.807) is 6.20 Å². The molecule has 1 N–H and O–H groups in total. The fraction of sp³-hybridized carbons (Fsp3) is 0.375. The largest absolute Gasteiger partial charge is 0.396 e. The highest BCUT2D eigenvalue weighted by atomic mass is 79.9. The molecule has 0 atom stereocenters. The molecule has 0 aromatic carbocycles. The fourth-order valence-corrected chi connectivity index (χ4v) is 1.05. The summed E-state index contributed by atoms with van der Waals surface area (Å²) in [6, 6.07) is 3.92. The first kappa shape index (κ1) is 8.68. The maximum atomic E-state index is 8.55. The first-order valence-corrected chi connectivity index (χ1v) is 4.33. The summed E-state index contributed by atoms with van der Waals surface area (Å²) in [5.74, 6) is 0. The highest BCUT2D eigenvalue weighted by molar-refractivity contribution is 9.10. The Bertz CT molecular complexity index is 210. The van der Waals surface area contributed by atoms with E-state index >= 15 is 0 Å². The van der Waals surface area contributed by atoms with Gasteiger partial charge >= 0.3 is 0 Å². The van der Waals surface area contributed by atoms with Gasteiger partial charge in [0.2, 0.25) is 0 Å². The van der Waals surface area contributed by atoms with Gasteiger partial charge in [0.15, 0.2) is 0 Å². The first-order chi connectivity index (χ1) is 5.33. The van der Waals surface area contributed by atoms with E-state index in [2.05, 4.69) is 20.9 Å². The number of halogens is 1. The molecule has 0 unspecified atom stereocenters. The van der Waals surface area contributed by atoms with Crippen LogP contribution >= 0.6 is 15.9 Å². The Labute approximate surface area is 74.4 Å². The molecule has 11 heavy (non-hydrogen) atoms. The minimum absolute atomic E-state index is 0.234. The van der Waals surface area contributed by atoms with Crippen molar-refractivity contribution in [1.29, 1.82) is 0 Å². The highest BCUT2D eigenvalue weighted by Gasteiger charge is 1.92. The standard InChI is InChI=1S/C8H10BrNO/c9-7-3-4-8(10-6-7)2-1-5-11/h3-4,6,11H,1-2,5H2. The van der Waals surface area contributed by atoms with E-state index in [0.29, 0.717) is 0 Å². The molecule has 0 saturated carbocycles. The fourth-order valence-electron chi connectivity index (χ4n) is 0.815. The summed E-state index contributed by atoms with van der Waals surface area (Å²) < 4.78 is 0.991. The molecule has 0 fully saturated rings. The van der Waals surface area contributed by atoms with Crippen molar-refractivity contribution in [3.63, 3.8) is 0 Å². The van der Waals surface area contributed by atoms with Crippen LogP contribution in [0.15, 0.2) is 22.8 Å². The van der Waals surface area contributed by atoms with Gasteiger partial charge in [0.1, 0.15) is 0 Å². The van der Waals surface area contributed by atoms with Crippen molar-refractivity contribution in [1.82, 2.24) is 4.98 Å². The van der Waals surface area contributed by atoms with Crippen LogP contribution in [-0.4, -0.2) is 16.7 Å². The van der Waals surface area contributed by atoms with Crippen molar-refractivity contribution in [3.8, 4) is 0 Å². The van der Waals surface area contributed by atoms with Crippen LogP contribution in [0.3, 0.4) is 0 Å². The number of hydrogen-bond donors (Lipinski definition) is 1. The van der Waals surface area contributed by atoms with Gasteiger partial charge in [-0.3, -0.25) is 4.98 Å². The average Bonchev–Trinajstić information content (AvgIpc) is 2.04. The third-order valence-corrected chi connectivity index (χ3v) is 1.85. The quantitative estimate of drug-likeness (QED) is 0.835. The normalized spacial score (nSPS) is 10.0. The number of aryl methyl sites for hydroxylation is 1. The lowest BCUT2D eigenvalue weighted by atomic mass is 10.2. The first-order valence-electron chi connectivity index (χ1n) is 3.54. The smallest absolute Gasteiger partial charge is 0.0434 e. The zero-order valence-electron chi connectivity index (χ0n) is 6.13. The second kappa shape index (κ2) is 4.46. The third-order valence-electron chi connectivity index (χ3n) is 1.38. The minimum Gasteiger partial charge on any atom is -0.396 e. The Balaban J connectivity index is 2.52. The monoisotopic (exact) mass is 215 g/mol. The maximum absolute atomic E-state index is 8.55. The molecule has 0 amide bonds. The summed E-state index contributed by atoms with van der Waals surface area (Å²) in [6.07, 6.45) is 3.41. The zero-order valence-corrected chi connectivity index (χ0v) is 7.71. The van der Waals surface area contributed by atoms with Gasteiger partial charge in [-0.15, -0.1) is 0 Å². The molecule has 0 aliphatic heterocycles. The molecule has 0 bridgehead atoms. The molecule has 1 aromatic rings. The molecule has 1 heterocycles. The van der Waals surface area contributed by atoms with Gasteiger partial charge in [0.25, 0.3) is 0 Å². The third kappa shape index (κ3) is 2.99. The van der Waals surface area contributed by atoms with Crippen LogP contribution in [0, 0.1) is 0 Å². The van der Waals surface area contributed by atoms with E-state index in [4.69, 9.17) is 5.11 Å². The van der Waals surface area contributed by atoms with E-state index in [0.717, 1.165) is 23.0 Å². The van der Waals surface area contributed by atoms with Crippen LogP contribution in [0.2, 0.25) is 0 Å². The molecule has 0 aliphatic rings. The second-order valence-corrected chi connectivity index (χ2v) is 3.21. The van der Waals surface area contributed by atoms with Crippen molar-refractivity contribution >= 4 is 15.9 Å². The summed E-state index contributed by atoms with van der Waals surface area (Å²) in [5, 5.41) is 8.55. The predicted molar refractivity (Wildman–Crippen MR) is 47.3 cm³/mol. The van der Waals surface area contributed by atoms with Crippen molar-refractivity contribution in [2.24, 2.45) is 0 Å². The van der Waals surface area contributed by atoms with Crippen LogP contribution in [0.5, 0.6) is 0 Å². The van der Waals surface area contributed by atoms with E-state index in [-0.39, 0.29) is 6.61 Å². The molecular formula is C8H10BrNO. The summed E-state index contributed by atoms with van der Waals surface area (Å²) in [4.78, 5) is 4.16. The molecule has 1 rings (SSSR count). The second-order valence-electron chi connectivity index (χ2n) is 2.29. The molecule has 0 spiro atoms. The number of pyridine rings is 1. The lowest BCUT2D eigenvalue weighted by Gasteiger charge is -1.97. The lowest BCUT2D eigenvalue weighted by Crippen LogP contribution is -1.91. The molecule has 2 nitrogen and oxygen atoms in total.